The summed E-state index contributed by atoms with van der Waals surface area (Å²) in [7, 11) is 2.95. The SMILES string of the molecule is COc1cc(/C=C/C(=O)Nc2cnc3c(c2)c(C)nn3C)c([N+](=O)[O-])cc1OC(F)F. The number of amides is 1. The molecule has 0 bridgehead atoms. The fraction of sp³-hybridized carbons (Fsp3) is 0.211. The Kier molecular flexibility index (Phi) is 6.09. The number of benzene rings is 1. The summed E-state index contributed by atoms with van der Waals surface area (Å²) in [5.41, 5.74) is 1.24. The first-order valence-corrected chi connectivity index (χ1v) is 8.79. The average molecular weight is 433 g/mol. The largest absolute Gasteiger partial charge is 0.493 e. The lowest BCUT2D eigenvalue weighted by Crippen LogP contribution is -2.08. The molecule has 0 atom stereocenters. The van der Waals surface area contributed by atoms with Crippen LogP contribution in [0.5, 0.6) is 11.5 Å². The number of halogens is 2. The molecular formula is C19H17F2N5O5. The fourth-order valence-corrected chi connectivity index (χ4v) is 2.93. The van der Waals surface area contributed by atoms with E-state index in [4.69, 9.17) is 4.74 Å². The molecule has 31 heavy (non-hydrogen) atoms. The molecule has 162 valence electrons. The van der Waals surface area contributed by atoms with E-state index in [9.17, 15) is 23.7 Å². The Morgan fingerprint density at radius 1 is 1.32 bits per heavy atom. The minimum atomic E-state index is -3.19. The van der Waals surface area contributed by atoms with Gasteiger partial charge >= 0.3 is 6.61 Å². The number of ether oxygens (including phenoxy) is 2. The number of pyridine rings is 1. The third-order valence-corrected chi connectivity index (χ3v) is 4.27. The predicted molar refractivity (Wildman–Crippen MR) is 107 cm³/mol. The number of nitrogens with zero attached hydrogens (tertiary/aromatic N) is 4. The second kappa shape index (κ2) is 8.73. The van der Waals surface area contributed by atoms with Crippen LogP contribution in [0.2, 0.25) is 0 Å². The van der Waals surface area contributed by atoms with Crippen molar-refractivity contribution in [3.05, 3.63) is 51.8 Å². The van der Waals surface area contributed by atoms with E-state index in [0.29, 0.717) is 11.3 Å². The summed E-state index contributed by atoms with van der Waals surface area (Å²) >= 11 is 0. The maximum Gasteiger partial charge on any atom is 0.387 e. The van der Waals surface area contributed by atoms with E-state index in [-0.39, 0.29) is 11.3 Å². The van der Waals surface area contributed by atoms with Gasteiger partial charge in [0, 0.05) is 18.5 Å². The van der Waals surface area contributed by atoms with Gasteiger partial charge in [0.25, 0.3) is 5.69 Å². The summed E-state index contributed by atoms with van der Waals surface area (Å²) in [4.78, 5) is 27.1. The number of hydrogen-bond donors (Lipinski definition) is 1. The molecule has 0 saturated carbocycles. The van der Waals surface area contributed by atoms with Crippen LogP contribution in [0.15, 0.2) is 30.5 Å². The van der Waals surface area contributed by atoms with Crippen LogP contribution >= 0.6 is 0 Å². The highest BCUT2D eigenvalue weighted by Crippen LogP contribution is 2.36. The van der Waals surface area contributed by atoms with Crippen molar-refractivity contribution >= 4 is 34.4 Å². The molecule has 1 N–H and O–H groups in total. The molecule has 0 fully saturated rings. The minimum absolute atomic E-state index is 0.0321. The fourth-order valence-electron chi connectivity index (χ4n) is 2.93. The molecule has 0 radical (unpaired) electrons. The average Bonchev–Trinajstić information content (AvgIpc) is 2.99. The third-order valence-electron chi connectivity index (χ3n) is 4.27. The van der Waals surface area contributed by atoms with E-state index >= 15 is 0 Å². The Labute approximate surface area is 174 Å². The van der Waals surface area contributed by atoms with Gasteiger partial charge in [-0.1, -0.05) is 0 Å². The van der Waals surface area contributed by atoms with Gasteiger partial charge in [-0.3, -0.25) is 19.6 Å². The molecule has 0 aliphatic rings. The molecule has 0 spiro atoms. The molecule has 1 aromatic carbocycles. The molecule has 2 heterocycles. The molecule has 0 unspecified atom stereocenters. The Morgan fingerprint density at radius 3 is 2.71 bits per heavy atom. The van der Waals surface area contributed by atoms with Crippen molar-refractivity contribution in [2.75, 3.05) is 12.4 Å². The Morgan fingerprint density at radius 2 is 2.06 bits per heavy atom. The van der Waals surface area contributed by atoms with E-state index in [1.165, 1.54) is 19.4 Å². The number of carbonyl (C=O) groups excluding carboxylic acids is 1. The molecule has 1 amide bonds. The summed E-state index contributed by atoms with van der Waals surface area (Å²) < 4.78 is 35.9. The van der Waals surface area contributed by atoms with Gasteiger partial charge in [0.15, 0.2) is 17.1 Å². The lowest BCUT2D eigenvalue weighted by atomic mass is 10.1. The van der Waals surface area contributed by atoms with Crippen molar-refractivity contribution < 1.29 is 28.0 Å². The number of hydrogen-bond acceptors (Lipinski definition) is 7. The molecule has 0 saturated heterocycles. The van der Waals surface area contributed by atoms with E-state index < -0.39 is 28.9 Å². The van der Waals surface area contributed by atoms with Gasteiger partial charge in [-0.2, -0.15) is 13.9 Å². The van der Waals surface area contributed by atoms with Crippen LogP contribution in [0.1, 0.15) is 11.3 Å². The van der Waals surface area contributed by atoms with Crippen molar-refractivity contribution in [2.45, 2.75) is 13.5 Å². The highest BCUT2D eigenvalue weighted by Gasteiger charge is 2.20. The highest BCUT2D eigenvalue weighted by atomic mass is 19.3. The number of methoxy groups -OCH3 is 1. The van der Waals surface area contributed by atoms with E-state index in [1.54, 1.807) is 17.8 Å². The van der Waals surface area contributed by atoms with Crippen LogP contribution in [0.4, 0.5) is 20.2 Å². The molecule has 0 aliphatic heterocycles. The molecule has 12 heteroatoms. The van der Waals surface area contributed by atoms with Gasteiger partial charge in [-0.25, -0.2) is 4.98 Å². The van der Waals surface area contributed by atoms with Crippen molar-refractivity contribution in [3.63, 3.8) is 0 Å². The first-order valence-electron chi connectivity index (χ1n) is 8.79. The van der Waals surface area contributed by atoms with E-state index in [1.807, 2.05) is 6.92 Å². The van der Waals surface area contributed by atoms with Gasteiger partial charge < -0.3 is 14.8 Å². The summed E-state index contributed by atoms with van der Waals surface area (Å²) in [6, 6.07) is 3.65. The zero-order valence-electron chi connectivity index (χ0n) is 16.6. The standard InChI is InChI=1S/C19H17F2N5O5/c1-10-13-7-12(9-22-18(13)25(2)24-10)23-17(27)5-4-11-6-15(30-3)16(31-19(20)21)8-14(11)26(28)29/h4-9,19H,1-3H3,(H,23,27)/b5-4+. The second-order valence-electron chi connectivity index (χ2n) is 6.32. The molecule has 2 aromatic heterocycles. The lowest BCUT2D eigenvalue weighted by Gasteiger charge is -2.10. The van der Waals surface area contributed by atoms with Crippen molar-refractivity contribution in [2.24, 2.45) is 7.05 Å². The van der Waals surface area contributed by atoms with Crippen LogP contribution < -0.4 is 14.8 Å². The van der Waals surface area contributed by atoms with Crippen LogP contribution in [-0.4, -0.2) is 39.3 Å². The Balaban J connectivity index is 1.85. The van der Waals surface area contributed by atoms with Crippen molar-refractivity contribution in [3.8, 4) is 11.5 Å². The summed E-state index contributed by atoms with van der Waals surface area (Å²) in [5, 5.41) is 18.9. The number of alkyl halides is 2. The predicted octanol–water partition coefficient (Wildman–Crippen LogP) is 3.45. The lowest BCUT2D eigenvalue weighted by molar-refractivity contribution is -0.385. The maximum atomic E-state index is 12.5. The van der Waals surface area contributed by atoms with E-state index in [0.717, 1.165) is 29.3 Å². The van der Waals surface area contributed by atoms with Crippen LogP contribution in [0.3, 0.4) is 0 Å². The van der Waals surface area contributed by atoms with Crippen LogP contribution in [0.25, 0.3) is 17.1 Å². The zero-order valence-corrected chi connectivity index (χ0v) is 16.6. The van der Waals surface area contributed by atoms with E-state index in [2.05, 4.69) is 20.1 Å². The van der Waals surface area contributed by atoms with Crippen molar-refractivity contribution in [1.82, 2.24) is 14.8 Å². The highest BCUT2D eigenvalue weighted by molar-refractivity contribution is 6.03. The normalized spacial score (nSPS) is 11.3. The maximum absolute atomic E-state index is 12.5. The Hall–Kier alpha value is -4.09. The molecular weight excluding hydrogens is 416 g/mol. The quantitative estimate of drug-likeness (QED) is 0.344. The molecule has 3 rings (SSSR count). The smallest absolute Gasteiger partial charge is 0.387 e. The number of aryl methyl sites for hydroxylation is 2. The molecule has 10 nitrogen and oxygen atoms in total. The van der Waals surface area contributed by atoms with Gasteiger partial charge in [0.05, 0.1) is 41.2 Å². The number of nitro benzene ring substituents is 1. The number of aromatic nitrogens is 3. The molecule has 3 aromatic rings. The monoisotopic (exact) mass is 433 g/mol. The second-order valence-corrected chi connectivity index (χ2v) is 6.32. The summed E-state index contributed by atoms with van der Waals surface area (Å²) in [5.74, 6) is -1.21. The van der Waals surface area contributed by atoms with Gasteiger partial charge in [0.2, 0.25) is 5.91 Å². The number of anilines is 1. The van der Waals surface area contributed by atoms with Crippen LogP contribution in [0, 0.1) is 17.0 Å². The van der Waals surface area contributed by atoms with Crippen LogP contribution in [-0.2, 0) is 11.8 Å². The Bertz CT molecular complexity index is 1190. The van der Waals surface area contributed by atoms with Gasteiger partial charge in [-0.15, -0.1) is 0 Å². The third kappa shape index (κ3) is 4.74. The summed E-state index contributed by atoms with van der Waals surface area (Å²) in [6.45, 7) is -1.38. The van der Waals surface area contributed by atoms with Gasteiger partial charge in [-0.05, 0) is 25.1 Å². The summed E-state index contributed by atoms with van der Waals surface area (Å²) in [6.07, 6.45) is 3.69. The zero-order chi connectivity index (χ0) is 22.7. The van der Waals surface area contributed by atoms with Gasteiger partial charge in [0.1, 0.15) is 0 Å². The molecule has 0 aliphatic carbocycles. The van der Waals surface area contributed by atoms with Crippen molar-refractivity contribution in [1.29, 1.82) is 0 Å². The first kappa shape index (κ1) is 21.6. The first-order chi connectivity index (χ1) is 14.7. The number of nitrogens with one attached hydrogen (secondary N) is 1. The number of fused-ring (bicyclic) bond motifs is 1. The number of rotatable bonds is 7. The topological polar surface area (TPSA) is 121 Å². The number of nitro groups is 1. The number of carbonyl (C=O) groups is 1. The minimum Gasteiger partial charge on any atom is -0.493 e.